The van der Waals surface area contributed by atoms with Gasteiger partial charge in [0.25, 0.3) is 0 Å². The highest BCUT2D eigenvalue weighted by atomic mass is 16.3. The minimum atomic E-state index is 0.892. The highest BCUT2D eigenvalue weighted by Gasteiger charge is 2.19. The van der Waals surface area contributed by atoms with Crippen molar-refractivity contribution in [3.8, 4) is 39.1 Å². The van der Waals surface area contributed by atoms with E-state index in [-0.39, 0.29) is 0 Å². The van der Waals surface area contributed by atoms with Crippen LogP contribution in [0.4, 0.5) is 17.1 Å². The Labute approximate surface area is 399 Å². The summed E-state index contributed by atoms with van der Waals surface area (Å²) in [5, 5.41) is 12.1. The van der Waals surface area contributed by atoms with E-state index in [1.54, 1.807) is 0 Å². The monoisotopic (exact) mass is 878 g/mol. The maximum Gasteiger partial charge on any atom is 0.143 e. The summed E-state index contributed by atoms with van der Waals surface area (Å²) < 4.78 is 8.97. The van der Waals surface area contributed by atoms with E-state index in [1.807, 2.05) is 0 Å². The van der Waals surface area contributed by atoms with Gasteiger partial charge in [-0.3, -0.25) is 0 Å². The molecule has 2 aromatic heterocycles. The molecule has 0 aliphatic carbocycles. The average Bonchev–Trinajstić information content (AvgIpc) is 3.98. The van der Waals surface area contributed by atoms with E-state index in [2.05, 4.69) is 264 Å². The molecule has 322 valence electrons. The van der Waals surface area contributed by atoms with Gasteiger partial charge in [-0.05, 0) is 139 Å². The molecule has 0 radical (unpaired) electrons. The molecular formula is C66H42N2O. The standard InChI is InChI=1S/C66H42N2O/c1-3-18-55-44(12-1)26-27-47-28-29-50(42-61(47)55)49-15-10-16-53(41-49)67(52-37-32-46(33-38-52)56-22-11-25-64-65(56)60-39-34-45-13-2-4-19-57(45)66(60)69-64)51-35-30-43(31-36-51)48-14-9-17-54(40-48)68-62-23-7-5-20-58(62)59-21-6-8-24-63(59)68/h1-42H. The first kappa shape index (κ1) is 39.0. The fourth-order valence-electron chi connectivity index (χ4n) is 10.9. The van der Waals surface area contributed by atoms with Crippen molar-refractivity contribution in [1.29, 1.82) is 0 Å². The number of hydrogen-bond acceptors (Lipinski definition) is 2. The van der Waals surface area contributed by atoms with E-state index < -0.39 is 0 Å². The Morgan fingerprint density at radius 2 is 0.841 bits per heavy atom. The highest BCUT2D eigenvalue weighted by Crippen LogP contribution is 2.43. The van der Waals surface area contributed by atoms with Crippen molar-refractivity contribution in [3.05, 3.63) is 255 Å². The van der Waals surface area contributed by atoms with Crippen molar-refractivity contribution in [2.24, 2.45) is 0 Å². The second-order valence-corrected chi connectivity index (χ2v) is 18.1. The average molecular weight is 879 g/mol. The third-order valence-corrected chi connectivity index (χ3v) is 14.2. The van der Waals surface area contributed by atoms with Gasteiger partial charge >= 0.3 is 0 Å². The molecule has 0 bridgehead atoms. The zero-order chi connectivity index (χ0) is 45.4. The van der Waals surface area contributed by atoms with Crippen LogP contribution >= 0.6 is 0 Å². The van der Waals surface area contributed by atoms with Crippen LogP contribution in [0.15, 0.2) is 259 Å². The van der Waals surface area contributed by atoms with Crippen molar-refractivity contribution in [1.82, 2.24) is 4.57 Å². The van der Waals surface area contributed by atoms with E-state index in [1.165, 1.54) is 54.3 Å². The molecule has 3 nitrogen and oxygen atoms in total. The van der Waals surface area contributed by atoms with Crippen LogP contribution in [-0.4, -0.2) is 4.57 Å². The number of aromatic nitrogens is 1. The molecule has 0 atom stereocenters. The zero-order valence-corrected chi connectivity index (χ0v) is 37.6. The Balaban J connectivity index is 0.877. The number of nitrogens with zero attached hydrogens (tertiary/aromatic N) is 2. The van der Waals surface area contributed by atoms with Crippen LogP contribution in [0.2, 0.25) is 0 Å². The fourth-order valence-corrected chi connectivity index (χ4v) is 10.9. The summed E-state index contributed by atoms with van der Waals surface area (Å²) in [4.78, 5) is 2.38. The van der Waals surface area contributed by atoms with Crippen molar-refractivity contribution in [2.75, 3.05) is 4.90 Å². The molecule has 3 heteroatoms. The fraction of sp³-hybridized carbons (Fsp3) is 0. The Bertz CT molecular complexity index is 4260. The molecule has 0 fully saturated rings. The number of benzene rings is 12. The minimum Gasteiger partial charge on any atom is -0.455 e. The molecule has 0 N–H and O–H groups in total. The molecule has 0 saturated carbocycles. The summed E-state index contributed by atoms with van der Waals surface area (Å²) in [5.74, 6) is 0. The second kappa shape index (κ2) is 15.7. The lowest BCUT2D eigenvalue weighted by atomic mass is 9.96. The summed E-state index contributed by atoms with van der Waals surface area (Å²) in [6.45, 7) is 0. The van der Waals surface area contributed by atoms with Crippen LogP contribution in [0, 0.1) is 0 Å². The quantitative estimate of drug-likeness (QED) is 0.149. The summed E-state index contributed by atoms with van der Waals surface area (Å²) >= 11 is 0. The molecule has 2 heterocycles. The third-order valence-electron chi connectivity index (χ3n) is 14.2. The molecule has 0 amide bonds. The highest BCUT2D eigenvalue weighted by molar-refractivity contribution is 6.19. The molecule has 0 aliphatic heterocycles. The number of para-hydroxylation sites is 2. The Hall–Kier alpha value is -9.18. The first-order valence-electron chi connectivity index (χ1n) is 23.6. The van der Waals surface area contributed by atoms with Crippen molar-refractivity contribution >= 4 is 93.1 Å². The molecule has 0 saturated heterocycles. The first-order chi connectivity index (χ1) is 34.2. The number of fused-ring (bicyclic) bond motifs is 11. The van der Waals surface area contributed by atoms with E-state index in [0.717, 1.165) is 77.9 Å². The molecular weight excluding hydrogens is 837 g/mol. The van der Waals surface area contributed by atoms with Crippen LogP contribution < -0.4 is 4.90 Å². The molecule has 14 aromatic rings. The summed E-state index contributed by atoms with van der Waals surface area (Å²) in [5.41, 5.74) is 15.5. The lowest BCUT2D eigenvalue weighted by molar-refractivity contribution is 0.673. The molecule has 12 aromatic carbocycles. The third kappa shape index (κ3) is 6.43. The number of furan rings is 1. The molecule has 0 aliphatic rings. The van der Waals surface area contributed by atoms with Gasteiger partial charge in [-0.1, -0.05) is 176 Å². The predicted molar refractivity (Wildman–Crippen MR) is 292 cm³/mol. The predicted octanol–water partition coefficient (Wildman–Crippen LogP) is 18.6. The summed E-state index contributed by atoms with van der Waals surface area (Å²) in [6.07, 6.45) is 0. The van der Waals surface area contributed by atoms with Crippen molar-refractivity contribution in [3.63, 3.8) is 0 Å². The van der Waals surface area contributed by atoms with Crippen LogP contribution in [0.5, 0.6) is 0 Å². The minimum absolute atomic E-state index is 0.892. The van der Waals surface area contributed by atoms with E-state index in [4.69, 9.17) is 4.42 Å². The molecule has 0 unspecified atom stereocenters. The van der Waals surface area contributed by atoms with Gasteiger partial charge in [0.2, 0.25) is 0 Å². The number of anilines is 3. The van der Waals surface area contributed by atoms with Crippen molar-refractivity contribution in [2.45, 2.75) is 0 Å². The molecule has 14 rings (SSSR count). The van der Waals surface area contributed by atoms with Gasteiger partial charge in [0.15, 0.2) is 0 Å². The van der Waals surface area contributed by atoms with Gasteiger partial charge in [-0.2, -0.15) is 0 Å². The van der Waals surface area contributed by atoms with Crippen LogP contribution in [-0.2, 0) is 0 Å². The SMILES string of the molecule is c1cc(-c2ccc3ccc4ccccc4c3c2)cc(N(c2ccc(-c3cccc(-n4c5ccccc5c5ccccc54)c3)cc2)c2ccc(-c3cccc4oc5c6ccccc6ccc5c34)cc2)c1. The van der Waals surface area contributed by atoms with Gasteiger partial charge in [0.1, 0.15) is 11.2 Å². The normalized spacial score (nSPS) is 11.8. The molecule has 69 heavy (non-hydrogen) atoms. The van der Waals surface area contributed by atoms with Gasteiger partial charge in [-0.25, -0.2) is 0 Å². The van der Waals surface area contributed by atoms with E-state index in [0.29, 0.717) is 0 Å². The maximum atomic E-state index is 6.59. The Morgan fingerprint density at radius 3 is 1.58 bits per heavy atom. The van der Waals surface area contributed by atoms with Crippen LogP contribution in [0.25, 0.3) is 115 Å². The van der Waals surface area contributed by atoms with Gasteiger partial charge in [-0.15, -0.1) is 0 Å². The number of rotatable bonds is 7. The van der Waals surface area contributed by atoms with Crippen LogP contribution in [0.3, 0.4) is 0 Å². The second-order valence-electron chi connectivity index (χ2n) is 18.1. The van der Waals surface area contributed by atoms with Gasteiger partial charge in [0, 0.05) is 49.7 Å². The van der Waals surface area contributed by atoms with Gasteiger partial charge < -0.3 is 13.9 Å². The largest absolute Gasteiger partial charge is 0.455 e. The topological polar surface area (TPSA) is 21.3 Å². The maximum absolute atomic E-state index is 6.59. The first-order valence-corrected chi connectivity index (χ1v) is 23.6. The lowest BCUT2D eigenvalue weighted by Gasteiger charge is -2.26. The smallest absolute Gasteiger partial charge is 0.143 e. The number of hydrogen-bond donors (Lipinski definition) is 0. The van der Waals surface area contributed by atoms with Crippen LogP contribution in [0.1, 0.15) is 0 Å². The summed E-state index contributed by atoms with van der Waals surface area (Å²) in [7, 11) is 0. The zero-order valence-electron chi connectivity index (χ0n) is 37.6. The Morgan fingerprint density at radius 1 is 0.304 bits per heavy atom. The van der Waals surface area contributed by atoms with Crippen molar-refractivity contribution < 1.29 is 4.42 Å². The van der Waals surface area contributed by atoms with E-state index >= 15 is 0 Å². The lowest BCUT2D eigenvalue weighted by Crippen LogP contribution is -2.10. The van der Waals surface area contributed by atoms with E-state index in [9.17, 15) is 0 Å². The Kier molecular flexibility index (Phi) is 8.90. The summed E-state index contributed by atoms with van der Waals surface area (Å²) in [6, 6.07) is 92.5. The van der Waals surface area contributed by atoms with Gasteiger partial charge in [0.05, 0.1) is 11.0 Å². The molecule has 0 spiro atoms.